The molecular weight excluding hydrogens is 522 g/mol. The molecule has 5 nitrogen and oxygen atoms in total. The normalized spacial score (nSPS) is 11.2. The standard InChI is InChI=1S/C23H43NO4.C9H20.C5H12/c1-4-7-9-11-12-14-16-21(15-13-10-8-5-2)23(27)28-20-18-24(17-19-25)22(26)6-3;1-4-5-6-7-8-9(2)3;1-3-5-4-2/h6,21,25H,3-5,7-20H2,1-2H3;9H,4-8H2,1-3H3;3-5H2,1-2H3. The summed E-state index contributed by atoms with van der Waals surface area (Å²) in [5.41, 5.74) is 0. The van der Waals surface area contributed by atoms with Gasteiger partial charge in [0.1, 0.15) is 6.61 Å². The van der Waals surface area contributed by atoms with Crippen LogP contribution in [-0.4, -0.2) is 48.2 Å². The summed E-state index contributed by atoms with van der Waals surface area (Å²) in [4.78, 5) is 25.7. The minimum absolute atomic E-state index is 0.0376. The molecule has 0 aliphatic rings. The van der Waals surface area contributed by atoms with Gasteiger partial charge in [-0.25, -0.2) is 0 Å². The first-order valence-electron chi connectivity index (χ1n) is 18.0. The molecule has 0 heterocycles. The van der Waals surface area contributed by atoms with Crippen molar-refractivity contribution in [3.8, 4) is 0 Å². The number of nitrogens with zero attached hydrogens (tertiary/aromatic N) is 1. The number of hydrogen-bond donors (Lipinski definition) is 1. The van der Waals surface area contributed by atoms with Crippen molar-refractivity contribution in [2.45, 2.75) is 177 Å². The van der Waals surface area contributed by atoms with Crippen molar-refractivity contribution >= 4 is 11.9 Å². The number of aliphatic hydroxyl groups is 1. The summed E-state index contributed by atoms with van der Waals surface area (Å²) in [7, 11) is 0. The van der Waals surface area contributed by atoms with E-state index in [2.05, 4.69) is 55.0 Å². The van der Waals surface area contributed by atoms with E-state index >= 15 is 0 Å². The Morgan fingerprint density at radius 1 is 0.667 bits per heavy atom. The average Bonchev–Trinajstić information content (AvgIpc) is 2.98. The topological polar surface area (TPSA) is 66.8 Å². The van der Waals surface area contributed by atoms with Crippen LogP contribution in [-0.2, 0) is 14.3 Å². The SMILES string of the molecule is C=CC(=O)N(CCO)CCOC(=O)C(CCCCCC)CCCCCCCC.CCCCC.CCCCCCC(C)C. The van der Waals surface area contributed by atoms with E-state index in [0.717, 1.165) is 38.0 Å². The molecule has 1 N–H and O–H groups in total. The van der Waals surface area contributed by atoms with Gasteiger partial charge in [0, 0.05) is 6.54 Å². The lowest BCUT2D eigenvalue weighted by molar-refractivity contribution is -0.150. The Labute approximate surface area is 263 Å². The van der Waals surface area contributed by atoms with Crippen molar-refractivity contribution in [2.24, 2.45) is 11.8 Å². The number of rotatable bonds is 26. The molecule has 252 valence electrons. The minimum atomic E-state index is -0.256. The summed E-state index contributed by atoms with van der Waals surface area (Å²) in [6.45, 7) is 19.7. The van der Waals surface area contributed by atoms with Gasteiger partial charge in [-0.15, -0.1) is 0 Å². The van der Waals surface area contributed by atoms with Gasteiger partial charge in [0.25, 0.3) is 0 Å². The minimum Gasteiger partial charge on any atom is -0.464 e. The zero-order valence-electron chi connectivity index (χ0n) is 29.5. The van der Waals surface area contributed by atoms with Gasteiger partial charge in [-0.3, -0.25) is 9.59 Å². The maximum absolute atomic E-state index is 12.6. The average molecular weight is 598 g/mol. The van der Waals surface area contributed by atoms with E-state index in [1.807, 2.05) is 0 Å². The lowest BCUT2D eigenvalue weighted by atomic mass is 9.94. The molecule has 0 aliphatic carbocycles. The van der Waals surface area contributed by atoms with E-state index in [0.29, 0.717) is 0 Å². The third-order valence-electron chi connectivity index (χ3n) is 7.45. The summed E-state index contributed by atoms with van der Waals surface area (Å²) < 4.78 is 5.48. The first-order valence-corrected chi connectivity index (χ1v) is 18.0. The van der Waals surface area contributed by atoms with Gasteiger partial charge in [0.2, 0.25) is 5.91 Å². The number of ether oxygens (including phenoxy) is 1. The molecule has 0 aliphatic heterocycles. The first-order chi connectivity index (χ1) is 20.3. The van der Waals surface area contributed by atoms with E-state index in [1.54, 1.807) is 0 Å². The molecule has 42 heavy (non-hydrogen) atoms. The highest BCUT2D eigenvalue weighted by Crippen LogP contribution is 2.20. The molecule has 0 bridgehead atoms. The molecule has 0 fully saturated rings. The highest BCUT2D eigenvalue weighted by Gasteiger charge is 2.20. The number of hydrogen-bond acceptors (Lipinski definition) is 4. The number of esters is 1. The second-order valence-electron chi connectivity index (χ2n) is 12.1. The number of carbonyl (C=O) groups is 2. The lowest BCUT2D eigenvalue weighted by Crippen LogP contribution is -2.35. The van der Waals surface area contributed by atoms with Gasteiger partial charge >= 0.3 is 5.97 Å². The fraction of sp³-hybridized carbons (Fsp3) is 0.892. The van der Waals surface area contributed by atoms with Crippen LogP contribution in [0, 0.1) is 11.8 Å². The van der Waals surface area contributed by atoms with Gasteiger partial charge in [-0.1, -0.05) is 171 Å². The Balaban J connectivity index is -0.000000889. The number of amides is 1. The predicted molar refractivity (Wildman–Crippen MR) is 184 cm³/mol. The van der Waals surface area contributed by atoms with E-state index in [-0.39, 0.29) is 44.1 Å². The molecule has 0 saturated heterocycles. The summed E-state index contributed by atoms with van der Waals surface area (Å²) >= 11 is 0. The summed E-state index contributed by atoms with van der Waals surface area (Å²) in [6, 6.07) is 0. The van der Waals surface area contributed by atoms with Crippen LogP contribution in [0.5, 0.6) is 0 Å². The highest BCUT2D eigenvalue weighted by atomic mass is 16.5. The van der Waals surface area contributed by atoms with Crippen LogP contribution in [0.15, 0.2) is 12.7 Å². The highest BCUT2D eigenvalue weighted by molar-refractivity contribution is 5.87. The predicted octanol–water partition coefficient (Wildman–Crippen LogP) is 10.7. The van der Waals surface area contributed by atoms with Crippen LogP contribution in [0.25, 0.3) is 0 Å². The molecule has 0 aromatic heterocycles. The van der Waals surface area contributed by atoms with Crippen LogP contribution >= 0.6 is 0 Å². The van der Waals surface area contributed by atoms with Crippen molar-refractivity contribution in [1.82, 2.24) is 4.90 Å². The zero-order valence-corrected chi connectivity index (χ0v) is 29.5. The van der Waals surface area contributed by atoms with E-state index in [1.165, 1.54) is 107 Å². The van der Waals surface area contributed by atoms with Gasteiger partial charge in [0.15, 0.2) is 0 Å². The molecule has 1 unspecified atom stereocenters. The Morgan fingerprint density at radius 3 is 1.50 bits per heavy atom. The summed E-state index contributed by atoms with van der Waals surface area (Å²) in [6.07, 6.45) is 26.1. The van der Waals surface area contributed by atoms with Gasteiger partial charge < -0.3 is 14.7 Å². The van der Waals surface area contributed by atoms with Crippen LogP contribution in [0.1, 0.15) is 177 Å². The Morgan fingerprint density at radius 2 is 1.10 bits per heavy atom. The number of aliphatic hydroxyl groups excluding tert-OH is 1. The summed E-state index contributed by atoms with van der Waals surface area (Å²) in [5, 5.41) is 9.06. The maximum Gasteiger partial charge on any atom is 0.308 e. The molecule has 0 spiro atoms. The molecular formula is C37H75NO4. The van der Waals surface area contributed by atoms with Crippen LogP contribution in [0.2, 0.25) is 0 Å². The maximum atomic E-state index is 12.6. The van der Waals surface area contributed by atoms with E-state index in [4.69, 9.17) is 9.84 Å². The second-order valence-corrected chi connectivity index (χ2v) is 12.1. The molecule has 0 rings (SSSR count). The smallest absolute Gasteiger partial charge is 0.308 e. The quantitative estimate of drug-likeness (QED) is 0.0612. The van der Waals surface area contributed by atoms with Crippen LogP contribution in [0.4, 0.5) is 0 Å². The largest absolute Gasteiger partial charge is 0.464 e. The fourth-order valence-electron chi connectivity index (χ4n) is 4.66. The zero-order chi connectivity index (χ0) is 32.3. The Hall–Kier alpha value is -1.36. The Bertz CT molecular complexity index is 562. The monoisotopic (exact) mass is 598 g/mol. The molecule has 0 aromatic carbocycles. The third kappa shape index (κ3) is 34.8. The fourth-order valence-corrected chi connectivity index (χ4v) is 4.66. The van der Waals surface area contributed by atoms with Crippen molar-refractivity contribution in [3.63, 3.8) is 0 Å². The van der Waals surface area contributed by atoms with E-state index < -0.39 is 0 Å². The molecule has 1 amide bonds. The van der Waals surface area contributed by atoms with Gasteiger partial charge in [-0.05, 0) is 24.8 Å². The summed E-state index contributed by atoms with van der Waals surface area (Å²) in [5.74, 6) is 0.472. The lowest BCUT2D eigenvalue weighted by Gasteiger charge is -2.21. The molecule has 0 radical (unpaired) electrons. The molecule has 5 heteroatoms. The van der Waals surface area contributed by atoms with Gasteiger partial charge in [-0.2, -0.15) is 0 Å². The number of carbonyl (C=O) groups excluding carboxylic acids is 2. The van der Waals surface area contributed by atoms with E-state index in [9.17, 15) is 9.59 Å². The first kappa shape index (κ1) is 45.1. The molecule has 0 aromatic rings. The van der Waals surface area contributed by atoms with Crippen molar-refractivity contribution < 1.29 is 19.4 Å². The van der Waals surface area contributed by atoms with Crippen molar-refractivity contribution in [1.29, 1.82) is 0 Å². The van der Waals surface area contributed by atoms with Crippen molar-refractivity contribution in [2.75, 3.05) is 26.3 Å². The van der Waals surface area contributed by atoms with Crippen LogP contribution in [0.3, 0.4) is 0 Å². The molecule has 0 saturated carbocycles. The Kier molecular flexibility index (Phi) is 40.4. The van der Waals surface area contributed by atoms with Crippen molar-refractivity contribution in [3.05, 3.63) is 12.7 Å². The second kappa shape index (κ2) is 37.7. The number of unbranched alkanes of at least 4 members (excludes halogenated alkanes) is 13. The molecule has 1 atom stereocenters. The van der Waals surface area contributed by atoms with Crippen LogP contribution < -0.4 is 0 Å². The third-order valence-corrected chi connectivity index (χ3v) is 7.45. The van der Waals surface area contributed by atoms with Gasteiger partial charge in [0.05, 0.1) is 19.1 Å².